The molecule has 0 aromatic heterocycles. The van der Waals surface area contributed by atoms with Crippen molar-refractivity contribution in [2.24, 2.45) is 5.73 Å². The molecule has 1 saturated carbocycles. The molecule has 1 aliphatic rings. The van der Waals surface area contributed by atoms with Crippen LogP contribution in [0.1, 0.15) is 38.2 Å². The lowest BCUT2D eigenvalue weighted by Crippen LogP contribution is -2.59. The lowest BCUT2D eigenvalue weighted by atomic mass is 9.89. The van der Waals surface area contributed by atoms with Gasteiger partial charge < -0.3 is 16.2 Å². The molecule has 1 aromatic rings. The summed E-state index contributed by atoms with van der Waals surface area (Å²) in [7, 11) is 0. The summed E-state index contributed by atoms with van der Waals surface area (Å²) >= 11 is 0. The molecule has 4 N–H and O–H groups in total. The maximum Gasteiger partial charge on any atom is 0.329 e. The van der Waals surface area contributed by atoms with E-state index in [0.29, 0.717) is 18.4 Å². The Bertz CT molecular complexity index is 505. The average Bonchev–Trinajstić information content (AvgIpc) is 2.89. The highest BCUT2D eigenvalue weighted by Crippen LogP contribution is 2.31. The molecule has 20 heavy (non-hydrogen) atoms. The van der Waals surface area contributed by atoms with Gasteiger partial charge >= 0.3 is 5.97 Å². The number of hydrogen-bond donors (Lipinski definition) is 3. The van der Waals surface area contributed by atoms with Crippen LogP contribution in [-0.2, 0) is 15.1 Å². The predicted octanol–water partition coefficient (Wildman–Crippen LogP) is 1.37. The summed E-state index contributed by atoms with van der Waals surface area (Å²) in [6.45, 7) is 1.60. The number of carboxylic acids is 1. The van der Waals surface area contributed by atoms with E-state index in [1.165, 1.54) is 0 Å². The number of rotatable bonds is 4. The smallest absolute Gasteiger partial charge is 0.329 e. The van der Waals surface area contributed by atoms with Gasteiger partial charge in [0.2, 0.25) is 5.91 Å². The zero-order valence-electron chi connectivity index (χ0n) is 11.6. The molecule has 5 heteroatoms. The molecule has 1 amide bonds. The number of nitrogens with one attached hydrogen (secondary N) is 1. The van der Waals surface area contributed by atoms with E-state index < -0.39 is 23.0 Å². The molecule has 1 aliphatic carbocycles. The van der Waals surface area contributed by atoms with E-state index in [4.69, 9.17) is 5.73 Å². The average molecular weight is 276 g/mol. The highest BCUT2D eigenvalue weighted by molar-refractivity contribution is 5.92. The van der Waals surface area contributed by atoms with Crippen LogP contribution in [0.5, 0.6) is 0 Å². The Labute approximate surface area is 118 Å². The summed E-state index contributed by atoms with van der Waals surface area (Å²) in [6.07, 6.45) is 2.52. The Morgan fingerprint density at radius 2 is 1.80 bits per heavy atom. The third-order valence-corrected chi connectivity index (χ3v) is 4.06. The molecule has 0 spiro atoms. The van der Waals surface area contributed by atoms with E-state index in [1.54, 1.807) is 31.2 Å². The third kappa shape index (κ3) is 2.54. The van der Waals surface area contributed by atoms with Crippen LogP contribution in [-0.4, -0.2) is 22.5 Å². The quantitative estimate of drug-likeness (QED) is 0.774. The van der Waals surface area contributed by atoms with E-state index in [-0.39, 0.29) is 0 Å². The molecule has 1 atom stereocenters. The summed E-state index contributed by atoms with van der Waals surface area (Å²) in [4.78, 5) is 23.9. The van der Waals surface area contributed by atoms with Crippen molar-refractivity contribution < 1.29 is 14.7 Å². The van der Waals surface area contributed by atoms with Crippen molar-refractivity contribution in [1.82, 2.24) is 5.32 Å². The summed E-state index contributed by atoms with van der Waals surface area (Å²) in [5.74, 6) is -1.43. The minimum Gasteiger partial charge on any atom is -0.480 e. The molecule has 5 nitrogen and oxygen atoms in total. The highest BCUT2D eigenvalue weighted by atomic mass is 16.4. The van der Waals surface area contributed by atoms with Gasteiger partial charge in [0.25, 0.3) is 0 Å². The van der Waals surface area contributed by atoms with Gasteiger partial charge in [-0.3, -0.25) is 4.79 Å². The van der Waals surface area contributed by atoms with Crippen molar-refractivity contribution in [3.8, 4) is 0 Å². The topological polar surface area (TPSA) is 92.4 Å². The zero-order chi connectivity index (χ0) is 14.8. The van der Waals surface area contributed by atoms with Gasteiger partial charge in [-0.05, 0) is 25.3 Å². The second-order valence-electron chi connectivity index (χ2n) is 5.62. The molecule has 1 aromatic carbocycles. The van der Waals surface area contributed by atoms with E-state index in [9.17, 15) is 14.7 Å². The van der Waals surface area contributed by atoms with Gasteiger partial charge in [-0.25, -0.2) is 4.79 Å². The molecule has 1 unspecified atom stereocenters. The van der Waals surface area contributed by atoms with Crippen molar-refractivity contribution in [2.75, 3.05) is 0 Å². The molecule has 1 fully saturated rings. The number of carboxylic acid groups (broad SMARTS) is 1. The van der Waals surface area contributed by atoms with Gasteiger partial charge in [0.15, 0.2) is 0 Å². The SMILES string of the molecule is CC(N)(C(=O)NC1(C(=O)O)CCCC1)c1ccccc1. The van der Waals surface area contributed by atoms with Crippen LogP contribution in [0.2, 0.25) is 0 Å². The Morgan fingerprint density at radius 3 is 2.30 bits per heavy atom. The number of benzene rings is 1. The summed E-state index contributed by atoms with van der Waals surface area (Å²) in [5.41, 5.74) is 4.37. The fourth-order valence-corrected chi connectivity index (χ4v) is 2.63. The van der Waals surface area contributed by atoms with Crippen LogP contribution in [0.3, 0.4) is 0 Å². The molecular formula is C15H20N2O3. The summed E-state index contributed by atoms with van der Waals surface area (Å²) in [6, 6.07) is 8.98. The van der Waals surface area contributed by atoms with Crippen molar-refractivity contribution in [3.05, 3.63) is 35.9 Å². The number of aliphatic carboxylic acids is 1. The first-order valence-corrected chi connectivity index (χ1v) is 6.79. The first kappa shape index (κ1) is 14.5. The van der Waals surface area contributed by atoms with Crippen LogP contribution >= 0.6 is 0 Å². The fourth-order valence-electron chi connectivity index (χ4n) is 2.63. The normalized spacial score (nSPS) is 20.1. The van der Waals surface area contributed by atoms with Crippen molar-refractivity contribution >= 4 is 11.9 Å². The second kappa shape index (κ2) is 5.25. The van der Waals surface area contributed by atoms with Crippen LogP contribution in [0, 0.1) is 0 Å². The molecular weight excluding hydrogens is 256 g/mol. The maximum atomic E-state index is 12.4. The standard InChI is InChI=1S/C15H20N2O3/c1-14(16,11-7-3-2-4-8-11)12(18)17-15(13(19)20)9-5-6-10-15/h2-4,7-8H,5-6,9-10,16H2,1H3,(H,17,18)(H,19,20). The molecule has 0 bridgehead atoms. The number of nitrogens with two attached hydrogens (primary N) is 1. The number of amides is 1. The van der Waals surface area contributed by atoms with E-state index in [0.717, 1.165) is 12.8 Å². The monoisotopic (exact) mass is 276 g/mol. The van der Waals surface area contributed by atoms with Crippen LogP contribution in [0.25, 0.3) is 0 Å². The molecule has 0 aliphatic heterocycles. The first-order chi connectivity index (χ1) is 9.38. The predicted molar refractivity (Wildman–Crippen MR) is 75.0 cm³/mol. The Morgan fingerprint density at radius 1 is 1.25 bits per heavy atom. The first-order valence-electron chi connectivity index (χ1n) is 6.79. The van der Waals surface area contributed by atoms with Crippen molar-refractivity contribution in [1.29, 1.82) is 0 Å². The van der Waals surface area contributed by atoms with Gasteiger partial charge in [0.1, 0.15) is 11.1 Å². The van der Waals surface area contributed by atoms with Crippen LogP contribution in [0.4, 0.5) is 0 Å². The highest BCUT2D eigenvalue weighted by Gasteiger charge is 2.45. The largest absolute Gasteiger partial charge is 0.480 e. The molecule has 0 radical (unpaired) electrons. The van der Waals surface area contributed by atoms with Crippen molar-refractivity contribution in [2.45, 2.75) is 43.7 Å². The Hall–Kier alpha value is -1.88. The van der Waals surface area contributed by atoms with Gasteiger partial charge in [-0.1, -0.05) is 43.2 Å². The second-order valence-corrected chi connectivity index (χ2v) is 5.62. The minimum atomic E-state index is -1.24. The van der Waals surface area contributed by atoms with Crippen molar-refractivity contribution in [3.63, 3.8) is 0 Å². The lowest BCUT2D eigenvalue weighted by Gasteiger charge is -2.31. The maximum absolute atomic E-state index is 12.4. The lowest BCUT2D eigenvalue weighted by molar-refractivity contribution is -0.148. The Kier molecular flexibility index (Phi) is 3.81. The van der Waals surface area contributed by atoms with Gasteiger partial charge in [0.05, 0.1) is 0 Å². The molecule has 0 saturated heterocycles. The summed E-state index contributed by atoms with van der Waals surface area (Å²) < 4.78 is 0. The molecule has 108 valence electrons. The number of hydrogen-bond acceptors (Lipinski definition) is 3. The molecule has 0 heterocycles. The van der Waals surface area contributed by atoms with E-state index in [2.05, 4.69) is 5.32 Å². The van der Waals surface area contributed by atoms with Crippen LogP contribution < -0.4 is 11.1 Å². The number of carbonyl (C=O) groups excluding carboxylic acids is 1. The number of carbonyl (C=O) groups is 2. The third-order valence-electron chi connectivity index (χ3n) is 4.06. The Balaban J connectivity index is 2.21. The fraction of sp³-hybridized carbons (Fsp3) is 0.467. The van der Waals surface area contributed by atoms with E-state index >= 15 is 0 Å². The van der Waals surface area contributed by atoms with Gasteiger partial charge in [0, 0.05) is 0 Å². The molecule has 2 rings (SSSR count). The van der Waals surface area contributed by atoms with Gasteiger partial charge in [-0.15, -0.1) is 0 Å². The van der Waals surface area contributed by atoms with E-state index in [1.807, 2.05) is 6.07 Å². The minimum absolute atomic E-state index is 0.451. The van der Waals surface area contributed by atoms with Gasteiger partial charge in [-0.2, -0.15) is 0 Å². The zero-order valence-corrected chi connectivity index (χ0v) is 11.6. The summed E-state index contributed by atoms with van der Waals surface area (Å²) in [5, 5.41) is 12.1. The van der Waals surface area contributed by atoms with Crippen LogP contribution in [0.15, 0.2) is 30.3 Å².